The first-order valence-corrected chi connectivity index (χ1v) is 6.90. The van der Waals surface area contributed by atoms with Gasteiger partial charge in [-0.15, -0.1) is 12.4 Å². The van der Waals surface area contributed by atoms with Crippen LogP contribution >= 0.6 is 12.4 Å². The lowest BCUT2D eigenvalue weighted by Gasteiger charge is -2.32. The first-order chi connectivity index (χ1) is 10.0. The van der Waals surface area contributed by atoms with Crippen molar-refractivity contribution in [3.63, 3.8) is 0 Å². The van der Waals surface area contributed by atoms with E-state index in [1.807, 2.05) is 7.05 Å². The summed E-state index contributed by atoms with van der Waals surface area (Å²) < 4.78 is 13.9. The van der Waals surface area contributed by atoms with Crippen molar-refractivity contribution in [1.29, 1.82) is 0 Å². The zero-order valence-corrected chi connectivity index (χ0v) is 13.1. The number of rotatable bonds is 4. The number of carbonyl (C=O) groups excluding carboxylic acids is 1. The van der Waals surface area contributed by atoms with E-state index in [1.165, 1.54) is 6.07 Å². The van der Waals surface area contributed by atoms with Gasteiger partial charge in [-0.3, -0.25) is 14.9 Å². The molecule has 1 atom stereocenters. The summed E-state index contributed by atoms with van der Waals surface area (Å²) in [6.45, 7) is 1.98. The normalized spacial score (nSPS) is 17.7. The van der Waals surface area contributed by atoms with Gasteiger partial charge in [-0.05, 0) is 38.4 Å². The summed E-state index contributed by atoms with van der Waals surface area (Å²) in [5, 5.41) is 13.7. The maximum absolute atomic E-state index is 13.9. The minimum Gasteiger partial charge on any atom is -0.338 e. The van der Waals surface area contributed by atoms with E-state index >= 15 is 0 Å². The standard InChI is InChI=1S/C14H18FN3O3.ClH/c1-16-8-10-3-2-6-17(9-10)14(19)12-5-4-11(18(20)21)7-13(12)15;/h4-5,7,10,16H,2-3,6,8-9H2,1H3;1H. The molecule has 0 spiro atoms. The summed E-state index contributed by atoms with van der Waals surface area (Å²) >= 11 is 0. The predicted octanol–water partition coefficient (Wildman–Crippen LogP) is 2.23. The molecule has 0 aromatic heterocycles. The number of non-ortho nitro benzene ring substituents is 1. The van der Waals surface area contributed by atoms with Crippen molar-refractivity contribution in [2.75, 3.05) is 26.7 Å². The van der Waals surface area contributed by atoms with Gasteiger partial charge in [0, 0.05) is 19.2 Å². The number of nitro benzene ring substituents is 1. The van der Waals surface area contributed by atoms with E-state index in [9.17, 15) is 19.3 Å². The molecule has 1 fully saturated rings. The number of nitrogens with one attached hydrogen (secondary N) is 1. The Morgan fingerprint density at radius 3 is 2.86 bits per heavy atom. The first kappa shape index (κ1) is 18.3. The molecule has 1 saturated heterocycles. The maximum atomic E-state index is 13.9. The number of amides is 1. The molecule has 1 heterocycles. The van der Waals surface area contributed by atoms with Crippen LogP contribution in [0.3, 0.4) is 0 Å². The molecule has 2 rings (SSSR count). The SMILES string of the molecule is CNCC1CCCN(C(=O)c2ccc([N+](=O)[O-])cc2F)C1.Cl. The molecule has 1 aliphatic rings. The average Bonchev–Trinajstić information content (AvgIpc) is 2.47. The van der Waals surface area contributed by atoms with Crippen LogP contribution in [0.5, 0.6) is 0 Å². The highest BCUT2D eigenvalue weighted by Crippen LogP contribution is 2.21. The van der Waals surface area contributed by atoms with Gasteiger partial charge in [0.05, 0.1) is 16.6 Å². The molecule has 0 bridgehead atoms. The topological polar surface area (TPSA) is 75.5 Å². The Morgan fingerprint density at radius 2 is 2.27 bits per heavy atom. The second-order valence-electron chi connectivity index (χ2n) is 5.24. The minimum atomic E-state index is -0.843. The van der Waals surface area contributed by atoms with Crippen LogP contribution in [-0.2, 0) is 0 Å². The third-order valence-electron chi connectivity index (χ3n) is 3.69. The van der Waals surface area contributed by atoms with E-state index in [0.29, 0.717) is 19.0 Å². The Hall–Kier alpha value is -1.73. The Balaban J connectivity index is 0.00000242. The fraction of sp³-hybridized carbons (Fsp3) is 0.500. The molecule has 1 N–H and O–H groups in total. The van der Waals surface area contributed by atoms with E-state index in [4.69, 9.17) is 0 Å². The Labute approximate surface area is 134 Å². The number of nitrogens with zero attached hydrogens (tertiary/aromatic N) is 2. The predicted molar refractivity (Wildman–Crippen MR) is 82.9 cm³/mol. The van der Waals surface area contributed by atoms with Crippen molar-refractivity contribution >= 4 is 24.0 Å². The fourth-order valence-corrected chi connectivity index (χ4v) is 2.67. The van der Waals surface area contributed by atoms with Crippen LogP contribution in [0.2, 0.25) is 0 Å². The van der Waals surface area contributed by atoms with E-state index in [1.54, 1.807) is 4.90 Å². The molecular weight excluding hydrogens is 313 g/mol. The van der Waals surface area contributed by atoms with E-state index < -0.39 is 16.6 Å². The second-order valence-corrected chi connectivity index (χ2v) is 5.24. The second kappa shape index (κ2) is 8.05. The van der Waals surface area contributed by atoms with Crippen LogP contribution in [0.4, 0.5) is 10.1 Å². The van der Waals surface area contributed by atoms with Crippen molar-refractivity contribution in [3.8, 4) is 0 Å². The van der Waals surface area contributed by atoms with Gasteiger partial charge in [0.15, 0.2) is 0 Å². The highest BCUT2D eigenvalue weighted by molar-refractivity contribution is 5.94. The van der Waals surface area contributed by atoms with Crippen molar-refractivity contribution in [3.05, 3.63) is 39.7 Å². The quantitative estimate of drug-likeness (QED) is 0.678. The largest absolute Gasteiger partial charge is 0.338 e. The Morgan fingerprint density at radius 1 is 1.55 bits per heavy atom. The molecule has 1 aromatic carbocycles. The molecule has 0 radical (unpaired) electrons. The first-order valence-electron chi connectivity index (χ1n) is 6.90. The monoisotopic (exact) mass is 331 g/mol. The zero-order chi connectivity index (χ0) is 15.4. The van der Waals surface area contributed by atoms with Crippen LogP contribution in [0, 0.1) is 21.8 Å². The lowest BCUT2D eigenvalue weighted by Crippen LogP contribution is -2.42. The molecule has 1 amide bonds. The van der Waals surface area contributed by atoms with Gasteiger partial charge in [0.2, 0.25) is 0 Å². The van der Waals surface area contributed by atoms with Gasteiger partial charge in [-0.2, -0.15) is 0 Å². The maximum Gasteiger partial charge on any atom is 0.272 e. The summed E-state index contributed by atoms with van der Waals surface area (Å²) in [6.07, 6.45) is 1.92. The number of halogens is 2. The molecule has 0 aliphatic carbocycles. The third-order valence-corrected chi connectivity index (χ3v) is 3.69. The van der Waals surface area contributed by atoms with E-state index in [0.717, 1.165) is 31.5 Å². The van der Waals surface area contributed by atoms with Gasteiger partial charge in [0.1, 0.15) is 5.82 Å². The third kappa shape index (κ3) is 4.14. The number of likely N-dealkylation sites (tertiary alicyclic amines) is 1. The number of piperidine rings is 1. The fourth-order valence-electron chi connectivity index (χ4n) is 2.67. The van der Waals surface area contributed by atoms with Crippen LogP contribution < -0.4 is 5.32 Å². The summed E-state index contributed by atoms with van der Waals surface area (Å²) in [5.41, 5.74) is -0.457. The van der Waals surface area contributed by atoms with Crippen molar-refractivity contribution in [2.45, 2.75) is 12.8 Å². The van der Waals surface area contributed by atoms with Gasteiger partial charge in [-0.1, -0.05) is 0 Å². The van der Waals surface area contributed by atoms with Gasteiger partial charge < -0.3 is 10.2 Å². The molecule has 8 heteroatoms. The number of nitro groups is 1. The average molecular weight is 332 g/mol. The highest BCUT2D eigenvalue weighted by Gasteiger charge is 2.26. The Bertz CT molecular complexity index is 554. The molecule has 1 aromatic rings. The van der Waals surface area contributed by atoms with Gasteiger partial charge >= 0.3 is 0 Å². The number of benzene rings is 1. The molecule has 122 valence electrons. The van der Waals surface area contributed by atoms with E-state index in [-0.39, 0.29) is 23.7 Å². The molecule has 22 heavy (non-hydrogen) atoms. The van der Waals surface area contributed by atoms with Crippen molar-refractivity contribution in [2.24, 2.45) is 5.92 Å². The molecule has 0 saturated carbocycles. The van der Waals surface area contributed by atoms with Crippen molar-refractivity contribution in [1.82, 2.24) is 10.2 Å². The number of hydrogen-bond acceptors (Lipinski definition) is 4. The highest BCUT2D eigenvalue weighted by atomic mass is 35.5. The Kier molecular flexibility index (Phi) is 6.70. The summed E-state index contributed by atoms with van der Waals surface area (Å²) in [7, 11) is 1.86. The van der Waals surface area contributed by atoms with Crippen LogP contribution in [0.15, 0.2) is 18.2 Å². The minimum absolute atomic E-state index is 0. The summed E-state index contributed by atoms with van der Waals surface area (Å²) in [4.78, 5) is 23.9. The molecule has 1 unspecified atom stereocenters. The molecule has 6 nitrogen and oxygen atoms in total. The number of carbonyl (C=O) groups is 1. The van der Waals surface area contributed by atoms with E-state index in [2.05, 4.69) is 5.32 Å². The lowest BCUT2D eigenvalue weighted by molar-refractivity contribution is -0.385. The molecular formula is C14H19ClFN3O3. The smallest absolute Gasteiger partial charge is 0.272 e. The van der Waals surface area contributed by atoms with Crippen molar-refractivity contribution < 1.29 is 14.1 Å². The zero-order valence-electron chi connectivity index (χ0n) is 12.3. The molecule has 1 aliphatic heterocycles. The van der Waals surface area contributed by atoms with Gasteiger partial charge in [-0.25, -0.2) is 4.39 Å². The summed E-state index contributed by atoms with van der Waals surface area (Å²) in [5.74, 6) is -0.887. The lowest BCUT2D eigenvalue weighted by atomic mass is 9.97. The summed E-state index contributed by atoms with van der Waals surface area (Å²) in [6, 6.07) is 3.14. The van der Waals surface area contributed by atoms with Gasteiger partial charge in [0.25, 0.3) is 11.6 Å². The van der Waals surface area contributed by atoms with Crippen LogP contribution in [0.1, 0.15) is 23.2 Å². The number of hydrogen-bond donors (Lipinski definition) is 1. The van der Waals surface area contributed by atoms with Crippen LogP contribution in [0.25, 0.3) is 0 Å². The van der Waals surface area contributed by atoms with Crippen LogP contribution in [-0.4, -0.2) is 42.4 Å².